The first-order chi connectivity index (χ1) is 11.3. The van der Waals surface area contributed by atoms with Crippen LogP contribution in [0.4, 0.5) is 19.0 Å². The second-order valence-corrected chi connectivity index (χ2v) is 4.51. The predicted octanol–water partition coefficient (Wildman–Crippen LogP) is 1.39. The lowest BCUT2D eigenvalue weighted by Crippen LogP contribution is -2.23. The number of alkyl halides is 3. The number of benzene rings is 1. The average Bonchev–Trinajstić information content (AvgIpc) is 2.84. The number of halogens is 3. The van der Waals surface area contributed by atoms with Gasteiger partial charge in [0.15, 0.2) is 0 Å². The van der Waals surface area contributed by atoms with E-state index in [0.29, 0.717) is 10.9 Å². The maximum atomic E-state index is 12.8. The second-order valence-electron chi connectivity index (χ2n) is 4.51. The van der Waals surface area contributed by atoms with Crippen LogP contribution in [0.2, 0.25) is 0 Å². The smallest absolute Gasteiger partial charge is 0.409 e. The summed E-state index contributed by atoms with van der Waals surface area (Å²) in [7, 11) is 1.39. The standard InChI is InChI=1S/C12H12F3N5O4/c1-24-6-5-16-10-11(20(22)23)17-18(19(10)21)9-4-2-3-8(7-9)12(13,14)15/h2-4,7,21H,5-6H2,1H3. The summed E-state index contributed by atoms with van der Waals surface area (Å²) in [6, 6.07) is 3.82. The fourth-order valence-electron chi connectivity index (χ4n) is 1.82. The lowest BCUT2D eigenvalue weighted by atomic mass is 10.2. The molecule has 0 saturated carbocycles. The maximum absolute atomic E-state index is 12.8. The third kappa shape index (κ3) is 3.53. The van der Waals surface area contributed by atoms with Crippen LogP contribution in [0.5, 0.6) is 0 Å². The minimum Gasteiger partial charge on any atom is -0.409 e. The average molecular weight is 347 g/mol. The van der Waals surface area contributed by atoms with Crippen LogP contribution in [0.3, 0.4) is 0 Å². The van der Waals surface area contributed by atoms with Crippen molar-refractivity contribution in [2.75, 3.05) is 20.3 Å². The first-order valence-electron chi connectivity index (χ1n) is 6.48. The number of nitrogens with zero attached hydrogens (tertiary/aromatic N) is 5. The number of methoxy groups -OCH3 is 1. The van der Waals surface area contributed by atoms with Gasteiger partial charge in [-0.1, -0.05) is 10.9 Å². The molecular weight excluding hydrogens is 335 g/mol. The molecule has 0 aliphatic rings. The molecule has 1 aromatic carbocycles. The lowest BCUT2D eigenvalue weighted by molar-refractivity contribution is -0.391. The molecule has 130 valence electrons. The Morgan fingerprint density at radius 2 is 2.17 bits per heavy atom. The van der Waals surface area contributed by atoms with E-state index >= 15 is 0 Å². The van der Waals surface area contributed by atoms with Gasteiger partial charge in [0.25, 0.3) is 5.49 Å². The Morgan fingerprint density at radius 1 is 1.46 bits per heavy atom. The minimum atomic E-state index is -4.61. The fraction of sp³-hybridized carbons (Fsp3) is 0.333. The van der Waals surface area contributed by atoms with Gasteiger partial charge in [0.05, 0.1) is 23.8 Å². The molecule has 0 unspecified atom stereocenters. The molecule has 1 aromatic heterocycles. The van der Waals surface area contributed by atoms with E-state index in [1.165, 1.54) is 13.2 Å². The van der Waals surface area contributed by atoms with E-state index in [2.05, 4.69) is 10.1 Å². The highest BCUT2D eigenvalue weighted by atomic mass is 19.4. The summed E-state index contributed by atoms with van der Waals surface area (Å²) in [5.74, 6) is -0.800. The van der Waals surface area contributed by atoms with Crippen molar-refractivity contribution in [3.05, 3.63) is 45.4 Å². The predicted molar refractivity (Wildman–Crippen MR) is 72.7 cm³/mol. The van der Waals surface area contributed by atoms with Crippen LogP contribution in [0.1, 0.15) is 5.56 Å². The van der Waals surface area contributed by atoms with Crippen LogP contribution in [0, 0.1) is 10.1 Å². The van der Waals surface area contributed by atoms with Gasteiger partial charge in [0, 0.05) is 7.11 Å². The van der Waals surface area contributed by atoms with E-state index in [4.69, 9.17) is 4.74 Å². The van der Waals surface area contributed by atoms with Crippen molar-refractivity contribution < 1.29 is 28.0 Å². The molecule has 0 fully saturated rings. The van der Waals surface area contributed by atoms with Gasteiger partial charge < -0.3 is 20.1 Å². The third-order valence-electron chi connectivity index (χ3n) is 2.89. The van der Waals surface area contributed by atoms with Crippen LogP contribution >= 0.6 is 0 Å². The zero-order valence-corrected chi connectivity index (χ0v) is 12.3. The molecule has 9 nitrogen and oxygen atoms in total. The summed E-state index contributed by atoms with van der Waals surface area (Å²) in [4.78, 5) is 14.7. The minimum absolute atomic E-state index is 0.00775. The summed E-state index contributed by atoms with van der Waals surface area (Å²) in [5, 5.41) is 24.5. The highest BCUT2D eigenvalue weighted by molar-refractivity contribution is 5.36. The number of hydrogen-bond donors (Lipinski definition) is 1. The SMILES string of the molecule is COCCN=c1c([N+](=O)[O-])nn(-c2cccc(C(F)(F)F)c2)n1O. The summed E-state index contributed by atoms with van der Waals surface area (Å²) in [6.45, 7) is 0.123. The van der Waals surface area contributed by atoms with Gasteiger partial charge in [-0.2, -0.15) is 13.2 Å². The molecule has 2 rings (SSSR count). The van der Waals surface area contributed by atoms with E-state index in [1.54, 1.807) is 0 Å². The number of aromatic nitrogens is 3. The highest BCUT2D eigenvalue weighted by Gasteiger charge is 2.31. The van der Waals surface area contributed by atoms with Crippen molar-refractivity contribution >= 4 is 5.82 Å². The van der Waals surface area contributed by atoms with Crippen molar-refractivity contribution in [1.82, 2.24) is 14.7 Å². The van der Waals surface area contributed by atoms with Gasteiger partial charge in [0.2, 0.25) is 0 Å². The topological polar surface area (TPSA) is 108 Å². The molecule has 24 heavy (non-hydrogen) atoms. The van der Waals surface area contributed by atoms with Crippen LogP contribution in [-0.2, 0) is 10.9 Å². The molecule has 0 spiro atoms. The molecule has 2 aromatic rings. The normalized spacial score (nSPS) is 12.6. The molecule has 0 amide bonds. The number of hydrogen-bond acceptors (Lipinski definition) is 6. The zero-order valence-electron chi connectivity index (χ0n) is 12.3. The van der Waals surface area contributed by atoms with Gasteiger partial charge in [-0.15, -0.1) is 0 Å². The molecular formula is C12H12F3N5O4. The summed E-state index contributed by atoms with van der Waals surface area (Å²) in [6.07, 6.45) is -4.61. The van der Waals surface area contributed by atoms with Gasteiger partial charge >= 0.3 is 12.0 Å². The zero-order chi connectivity index (χ0) is 17.9. The Kier molecular flexibility index (Phi) is 4.87. The lowest BCUT2D eigenvalue weighted by Gasteiger charge is -2.07. The molecule has 0 radical (unpaired) electrons. The van der Waals surface area contributed by atoms with Crippen molar-refractivity contribution in [1.29, 1.82) is 0 Å². The molecule has 0 aliphatic carbocycles. The second kappa shape index (κ2) is 6.70. The third-order valence-corrected chi connectivity index (χ3v) is 2.89. The van der Waals surface area contributed by atoms with Crippen LogP contribution < -0.4 is 5.49 Å². The van der Waals surface area contributed by atoms with Crippen molar-refractivity contribution in [3.63, 3.8) is 0 Å². The molecule has 0 atom stereocenters. The van der Waals surface area contributed by atoms with Crippen molar-refractivity contribution in [2.45, 2.75) is 6.18 Å². The summed E-state index contributed by atoms with van der Waals surface area (Å²) in [5.41, 5.74) is -1.71. The van der Waals surface area contributed by atoms with E-state index < -0.39 is 28.0 Å². The Labute approximate surface area is 132 Å². The van der Waals surface area contributed by atoms with Gasteiger partial charge in [-0.05, 0) is 27.9 Å². The Bertz CT molecular complexity index is 812. The number of rotatable bonds is 5. The Hall–Kier alpha value is -2.89. The molecule has 0 saturated heterocycles. The van der Waals surface area contributed by atoms with Crippen LogP contribution in [0.25, 0.3) is 5.69 Å². The first-order valence-corrected chi connectivity index (χ1v) is 6.48. The van der Waals surface area contributed by atoms with Gasteiger partial charge in [0.1, 0.15) is 5.69 Å². The molecule has 12 heteroatoms. The summed E-state index contributed by atoms with van der Waals surface area (Å²) < 4.78 is 43.0. The molecule has 0 aliphatic heterocycles. The van der Waals surface area contributed by atoms with Crippen molar-refractivity contribution in [3.8, 4) is 5.69 Å². The van der Waals surface area contributed by atoms with Crippen LogP contribution in [-0.4, -0.2) is 45.1 Å². The van der Waals surface area contributed by atoms with E-state index in [1.807, 2.05) is 0 Å². The van der Waals surface area contributed by atoms with Crippen LogP contribution in [0.15, 0.2) is 29.3 Å². The largest absolute Gasteiger partial charge is 0.438 e. The molecule has 0 bridgehead atoms. The molecule has 1 heterocycles. The van der Waals surface area contributed by atoms with Gasteiger partial charge in [-0.3, -0.25) is 4.99 Å². The van der Waals surface area contributed by atoms with E-state index in [9.17, 15) is 28.5 Å². The number of ether oxygens (including phenoxy) is 1. The van der Waals surface area contributed by atoms with Crippen molar-refractivity contribution in [2.24, 2.45) is 4.99 Å². The maximum Gasteiger partial charge on any atom is 0.438 e. The fourth-order valence-corrected chi connectivity index (χ4v) is 1.82. The Balaban J connectivity index is 2.58. The van der Waals surface area contributed by atoms with E-state index in [-0.39, 0.29) is 23.7 Å². The monoisotopic (exact) mass is 347 g/mol. The van der Waals surface area contributed by atoms with E-state index in [0.717, 1.165) is 12.1 Å². The Morgan fingerprint density at radius 3 is 2.75 bits per heavy atom. The molecule has 1 N–H and O–H groups in total. The summed E-state index contributed by atoms with van der Waals surface area (Å²) >= 11 is 0. The number of nitro groups is 1. The first kappa shape index (κ1) is 17.5. The highest BCUT2D eigenvalue weighted by Crippen LogP contribution is 2.30. The van der Waals surface area contributed by atoms with Gasteiger partial charge in [-0.25, -0.2) is 0 Å². The quantitative estimate of drug-likeness (QED) is 0.380.